The molecule has 7 nitrogen and oxygen atoms in total. The average Bonchev–Trinajstić information content (AvgIpc) is 3.03. The fourth-order valence-electron chi connectivity index (χ4n) is 3.28. The molecule has 0 saturated carbocycles. The SMILES string of the molecule is Cn1c(=O)c2c(-c3ccc(C(F)(F)F)cc3)c3c(nc2n(C)c1=O)COC3=O. The molecule has 1 aliphatic rings. The van der Waals surface area contributed by atoms with Crippen molar-refractivity contribution in [1.29, 1.82) is 0 Å². The zero-order valence-electron chi connectivity index (χ0n) is 14.6. The number of halogens is 3. The van der Waals surface area contributed by atoms with Crippen LogP contribution in [0.3, 0.4) is 0 Å². The molecule has 1 aromatic carbocycles. The molecule has 3 aromatic rings. The van der Waals surface area contributed by atoms with Gasteiger partial charge in [-0.05, 0) is 17.7 Å². The molecule has 0 atom stereocenters. The zero-order chi connectivity index (χ0) is 20.4. The topological polar surface area (TPSA) is 83.2 Å². The Morgan fingerprint density at radius 2 is 1.64 bits per heavy atom. The number of ether oxygens (including phenoxy) is 1. The Hall–Kier alpha value is -3.43. The second kappa shape index (κ2) is 5.78. The van der Waals surface area contributed by atoms with Crippen molar-refractivity contribution in [2.75, 3.05) is 0 Å². The first-order chi connectivity index (χ1) is 13.1. The summed E-state index contributed by atoms with van der Waals surface area (Å²) in [4.78, 5) is 41.5. The molecule has 0 fully saturated rings. The van der Waals surface area contributed by atoms with Crippen LogP contribution in [0.5, 0.6) is 0 Å². The number of hydrogen-bond donors (Lipinski definition) is 0. The van der Waals surface area contributed by atoms with Gasteiger partial charge in [0.15, 0.2) is 0 Å². The Morgan fingerprint density at radius 3 is 2.25 bits per heavy atom. The van der Waals surface area contributed by atoms with Gasteiger partial charge in [-0.1, -0.05) is 12.1 Å². The van der Waals surface area contributed by atoms with Crippen LogP contribution in [0.1, 0.15) is 21.6 Å². The Labute approximate surface area is 154 Å². The van der Waals surface area contributed by atoms with Crippen LogP contribution < -0.4 is 11.2 Å². The fraction of sp³-hybridized carbons (Fsp3) is 0.222. The number of alkyl halides is 3. The first-order valence-electron chi connectivity index (χ1n) is 8.08. The maximum absolute atomic E-state index is 12.9. The second-order valence-electron chi connectivity index (χ2n) is 6.36. The largest absolute Gasteiger partial charge is 0.455 e. The van der Waals surface area contributed by atoms with E-state index >= 15 is 0 Å². The molecule has 10 heteroatoms. The van der Waals surface area contributed by atoms with Crippen molar-refractivity contribution in [2.45, 2.75) is 12.8 Å². The highest BCUT2D eigenvalue weighted by molar-refractivity contribution is 6.08. The number of rotatable bonds is 1. The van der Waals surface area contributed by atoms with Crippen LogP contribution >= 0.6 is 0 Å². The molecular weight excluding hydrogens is 379 g/mol. The van der Waals surface area contributed by atoms with Crippen molar-refractivity contribution in [3.05, 3.63) is 61.9 Å². The van der Waals surface area contributed by atoms with Crippen molar-refractivity contribution < 1.29 is 22.7 Å². The summed E-state index contributed by atoms with van der Waals surface area (Å²) < 4.78 is 45.7. The summed E-state index contributed by atoms with van der Waals surface area (Å²) in [5.74, 6) is -0.727. The number of fused-ring (bicyclic) bond motifs is 2. The quantitative estimate of drug-likeness (QED) is 0.593. The zero-order valence-corrected chi connectivity index (χ0v) is 14.6. The van der Waals surface area contributed by atoms with E-state index in [0.717, 1.165) is 21.3 Å². The highest BCUT2D eigenvalue weighted by atomic mass is 19.4. The minimum absolute atomic E-state index is 0.0167. The molecule has 4 rings (SSSR count). The minimum Gasteiger partial charge on any atom is -0.455 e. The van der Waals surface area contributed by atoms with E-state index in [1.807, 2.05) is 0 Å². The Balaban J connectivity index is 2.16. The Kier molecular flexibility index (Phi) is 3.71. The van der Waals surface area contributed by atoms with E-state index < -0.39 is 29.0 Å². The molecule has 28 heavy (non-hydrogen) atoms. The van der Waals surface area contributed by atoms with Crippen LogP contribution in [0, 0.1) is 0 Å². The van der Waals surface area contributed by atoms with Crippen molar-refractivity contribution >= 4 is 17.0 Å². The van der Waals surface area contributed by atoms with Gasteiger partial charge >= 0.3 is 17.8 Å². The summed E-state index contributed by atoms with van der Waals surface area (Å²) in [6.45, 7) is -0.152. The summed E-state index contributed by atoms with van der Waals surface area (Å²) in [7, 11) is 2.68. The maximum atomic E-state index is 12.9. The number of cyclic esters (lactones) is 1. The normalized spacial score (nSPS) is 13.7. The molecule has 3 heterocycles. The molecule has 0 bridgehead atoms. The summed E-state index contributed by atoms with van der Waals surface area (Å²) in [6.07, 6.45) is -4.53. The number of hydrogen-bond acceptors (Lipinski definition) is 5. The molecule has 0 amide bonds. The standard InChI is InChI=1S/C18H12F3N3O4/c1-23-14-13(15(25)24(2)17(23)27)11(12-10(22-14)7-28-16(12)26)8-3-5-9(6-4-8)18(19,20)21/h3-6H,7H2,1-2H3. The van der Waals surface area contributed by atoms with Crippen LogP contribution in [0.4, 0.5) is 13.2 Å². The summed E-state index contributed by atoms with van der Waals surface area (Å²) in [6, 6.07) is 4.07. The van der Waals surface area contributed by atoms with Gasteiger partial charge in [0.1, 0.15) is 12.3 Å². The van der Waals surface area contributed by atoms with E-state index in [2.05, 4.69) is 4.98 Å². The van der Waals surface area contributed by atoms with Gasteiger partial charge in [0, 0.05) is 19.7 Å². The minimum atomic E-state index is -4.53. The van der Waals surface area contributed by atoms with Gasteiger partial charge in [0.05, 0.1) is 22.2 Å². The van der Waals surface area contributed by atoms with Crippen LogP contribution in [0.15, 0.2) is 33.9 Å². The number of pyridine rings is 1. The van der Waals surface area contributed by atoms with Crippen LogP contribution in [-0.4, -0.2) is 20.1 Å². The summed E-state index contributed by atoms with van der Waals surface area (Å²) in [5.41, 5.74) is -1.61. The third-order valence-electron chi connectivity index (χ3n) is 4.71. The molecular formula is C18H12F3N3O4. The van der Waals surface area contributed by atoms with Crippen LogP contribution in [-0.2, 0) is 31.6 Å². The Bertz CT molecular complexity index is 1270. The van der Waals surface area contributed by atoms with E-state index in [0.29, 0.717) is 0 Å². The Morgan fingerprint density at radius 1 is 1.00 bits per heavy atom. The number of carbonyl (C=O) groups is 1. The molecule has 144 valence electrons. The molecule has 0 spiro atoms. The fourth-order valence-corrected chi connectivity index (χ4v) is 3.28. The third-order valence-corrected chi connectivity index (χ3v) is 4.71. The molecule has 0 aliphatic carbocycles. The number of aromatic nitrogens is 3. The highest BCUT2D eigenvalue weighted by Crippen LogP contribution is 2.36. The average molecular weight is 391 g/mol. The predicted octanol–water partition coefficient (Wildman–Crippen LogP) is 1.99. The van der Waals surface area contributed by atoms with E-state index in [1.165, 1.54) is 26.2 Å². The molecule has 0 radical (unpaired) electrons. The van der Waals surface area contributed by atoms with Crippen LogP contribution in [0.25, 0.3) is 22.2 Å². The lowest BCUT2D eigenvalue weighted by Crippen LogP contribution is -2.37. The summed E-state index contributed by atoms with van der Waals surface area (Å²) >= 11 is 0. The van der Waals surface area contributed by atoms with Gasteiger partial charge in [-0.25, -0.2) is 14.6 Å². The lowest BCUT2D eigenvalue weighted by molar-refractivity contribution is -0.137. The number of benzene rings is 1. The third kappa shape index (κ3) is 2.44. The van der Waals surface area contributed by atoms with Gasteiger partial charge < -0.3 is 4.74 Å². The number of esters is 1. The smallest absolute Gasteiger partial charge is 0.416 e. The highest BCUT2D eigenvalue weighted by Gasteiger charge is 2.33. The molecule has 1 aliphatic heterocycles. The molecule has 0 unspecified atom stereocenters. The van der Waals surface area contributed by atoms with Crippen molar-refractivity contribution in [3.63, 3.8) is 0 Å². The monoisotopic (exact) mass is 391 g/mol. The van der Waals surface area contributed by atoms with Gasteiger partial charge in [-0.2, -0.15) is 13.2 Å². The first kappa shape index (κ1) is 18.0. The number of aryl methyl sites for hydroxylation is 1. The maximum Gasteiger partial charge on any atom is 0.416 e. The van der Waals surface area contributed by atoms with E-state index in [9.17, 15) is 27.6 Å². The van der Waals surface area contributed by atoms with Gasteiger partial charge in [-0.3, -0.25) is 13.9 Å². The second-order valence-corrected chi connectivity index (χ2v) is 6.36. The number of nitrogens with zero attached hydrogens (tertiary/aromatic N) is 3. The first-order valence-corrected chi connectivity index (χ1v) is 8.08. The van der Waals surface area contributed by atoms with E-state index in [1.54, 1.807) is 0 Å². The predicted molar refractivity (Wildman–Crippen MR) is 91.8 cm³/mol. The van der Waals surface area contributed by atoms with Crippen molar-refractivity contribution in [1.82, 2.24) is 14.1 Å². The van der Waals surface area contributed by atoms with E-state index in [-0.39, 0.29) is 40.0 Å². The lowest BCUT2D eigenvalue weighted by Gasteiger charge is -2.14. The summed E-state index contributed by atoms with van der Waals surface area (Å²) in [5, 5.41) is -0.0399. The number of carbonyl (C=O) groups excluding carboxylic acids is 1. The van der Waals surface area contributed by atoms with Crippen LogP contribution in [0.2, 0.25) is 0 Å². The van der Waals surface area contributed by atoms with Crippen molar-refractivity contribution in [3.8, 4) is 11.1 Å². The van der Waals surface area contributed by atoms with Gasteiger partial charge in [-0.15, -0.1) is 0 Å². The van der Waals surface area contributed by atoms with E-state index in [4.69, 9.17) is 4.74 Å². The molecule has 0 saturated heterocycles. The lowest BCUT2D eigenvalue weighted by atomic mass is 9.95. The molecule has 0 N–H and O–H groups in total. The van der Waals surface area contributed by atoms with Crippen molar-refractivity contribution in [2.24, 2.45) is 14.1 Å². The van der Waals surface area contributed by atoms with Gasteiger partial charge in [0.2, 0.25) is 0 Å². The van der Waals surface area contributed by atoms with Gasteiger partial charge in [0.25, 0.3) is 5.56 Å². The molecule has 2 aromatic heterocycles.